The third-order valence-corrected chi connectivity index (χ3v) is 4.74. The molecule has 0 aromatic carbocycles. The van der Waals surface area contributed by atoms with Crippen LogP contribution in [0.2, 0.25) is 0 Å². The minimum atomic E-state index is -0.641. The van der Waals surface area contributed by atoms with Crippen LogP contribution in [-0.2, 0) is 22.4 Å². The molecule has 0 saturated carbocycles. The maximum atomic E-state index is 11.9. The summed E-state index contributed by atoms with van der Waals surface area (Å²) in [6.07, 6.45) is 3.89. The second kappa shape index (κ2) is 7.40. The summed E-state index contributed by atoms with van der Waals surface area (Å²) in [5, 5.41) is 4.72. The van der Waals surface area contributed by atoms with Crippen molar-refractivity contribution in [3.05, 3.63) is 21.4 Å². The third kappa shape index (κ3) is 4.30. The lowest BCUT2D eigenvalue weighted by Crippen LogP contribution is -2.44. The van der Waals surface area contributed by atoms with Gasteiger partial charge in [0.25, 0.3) is 5.91 Å². The smallest absolute Gasteiger partial charge is 0.348 e. The number of nitrogens with one attached hydrogen (secondary N) is 2. The number of ether oxygens (including phenoxy) is 1. The van der Waals surface area contributed by atoms with E-state index in [0.29, 0.717) is 4.88 Å². The number of imide groups is 1. The molecule has 1 aromatic heterocycles. The predicted molar refractivity (Wildman–Crippen MR) is 83.1 cm³/mol. The average molecular weight is 324 g/mol. The normalized spacial score (nSPS) is 14.1. The SMILES string of the molecule is CC[C@@H](C)NC(=O)NC(=O)COC(=O)c1cc2c(s1)CCC2. The largest absolute Gasteiger partial charge is 0.451 e. The maximum Gasteiger partial charge on any atom is 0.348 e. The molecule has 0 fully saturated rings. The zero-order valence-electron chi connectivity index (χ0n) is 12.7. The number of urea groups is 1. The fraction of sp³-hybridized carbons (Fsp3) is 0.533. The molecule has 0 bridgehead atoms. The highest BCUT2D eigenvalue weighted by molar-refractivity contribution is 7.14. The molecule has 0 radical (unpaired) electrons. The zero-order chi connectivity index (χ0) is 16.1. The van der Waals surface area contributed by atoms with Gasteiger partial charge in [-0.25, -0.2) is 9.59 Å². The highest BCUT2D eigenvalue weighted by Gasteiger charge is 2.20. The van der Waals surface area contributed by atoms with Crippen molar-refractivity contribution in [2.24, 2.45) is 0 Å². The summed E-state index contributed by atoms with van der Waals surface area (Å²) in [4.78, 5) is 36.6. The molecular weight excluding hydrogens is 304 g/mol. The molecule has 2 rings (SSSR count). The van der Waals surface area contributed by atoms with Gasteiger partial charge in [-0.15, -0.1) is 11.3 Å². The number of carbonyl (C=O) groups excluding carboxylic acids is 3. The van der Waals surface area contributed by atoms with Crippen LogP contribution in [-0.4, -0.2) is 30.6 Å². The summed E-state index contributed by atoms with van der Waals surface area (Å²) in [5.74, 6) is -1.16. The summed E-state index contributed by atoms with van der Waals surface area (Å²) in [6.45, 7) is 3.29. The Kier molecular flexibility index (Phi) is 5.54. The molecule has 2 N–H and O–H groups in total. The molecule has 22 heavy (non-hydrogen) atoms. The molecule has 0 unspecified atom stereocenters. The van der Waals surface area contributed by atoms with Crippen molar-refractivity contribution in [2.75, 3.05) is 6.61 Å². The minimum Gasteiger partial charge on any atom is -0.451 e. The number of carbonyl (C=O) groups is 3. The monoisotopic (exact) mass is 324 g/mol. The molecule has 0 saturated heterocycles. The molecule has 6 nitrogen and oxygen atoms in total. The minimum absolute atomic E-state index is 0.0242. The van der Waals surface area contributed by atoms with E-state index in [9.17, 15) is 14.4 Å². The van der Waals surface area contributed by atoms with Crippen molar-refractivity contribution >= 4 is 29.2 Å². The van der Waals surface area contributed by atoms with E-state index < -0.39 is 24.5 Å². The molecule has 1 aliphatic carbocycles. The van der Waals surface area contributed by atoms with Crippen LogP contribution in [0.25, 0.3) is 0 Å². The Morgan fingerprint density at radius 1 is 1.36 bits per heavy atom. The number of amides is 3. The van der Waals surface area contributed by atoms with Gasteiger partial charge in [-0.05, 0) is 44.2 Å². The standard InChI is InChI=1S/C15H20N2O4S/c1-3-9(2)16-15(20)17-13(18)8-21-14(19)12-7-10-5-4-6-11(10)22-12/h7,9H,3-6,8H2,1-2H3,(H2,16,17,18,20)/t9-/m1/s1. The molecule has 3 amide bonds. The lowest BCUT2D eigenvalue weighted by molar-refractivity contribution is -0.123. The molecule has 1 atom stereocenters. The third-order valence-electron chi connectivity index (χ3n) is 3.52. The molecule has 120 valence electrons. The van der Waals surface area contributed by atoms with Gasteiger partial charge < -0.3 is 10.1 Å². The summed E-state index contributed by atoms with van der Waals surface area (Å²) in [6, 6.07) is 1.23. The van der Waals surface area contributed by atoms with Crippen molar-refractivity contribution < 1.29 is 19.1 Å². The Labute approximate surface area is 133 Å². The van der Waals surface area contributed by atoms with Crippen molar-refractivity contribution in [2.45, 2.75) is 45.6 Å². The van der Waals surface area contributed by atoms with Crippen molar-refractivity contribution in [1.29, 1.82) is 0 Å². The quantitative estimate of drug-likeness (QED) is 0.812. The molecule has 1 aromatic rings. The van der Waals surface area contributed by atoms with Crippen LogP contribution in [0.5, 0.6) is 0 Å². The summed E-state index contributed by atoms with van der Waals surface area (Å²) in [7, 11) is 0. The highest BCUT2D eigenvalue weighted by Crippen LogP contribution is 2.30. The lowest BCUT2D eigenvalue weighted by Gasteiger charge is -2.11. The van der Waals surface area contributed by atoms with Crippen LogP contribution in [0.4, 0.5) is 4.79 Å². The zero-order valence-corrected chi connectivity index (χ0v) is 13.5. The maximum absolute atomic E-state index is 11.9. The lowest BCUT2D eigenvalue weighted by atomic mass is 10.2. The van der Waals surface area contributed by atoms with Crippen LogP contribution < -0.4 is 10.6 Å². The number of aryl methyl sites for hydroxylation is 2. The fourth-order valence-corrected chi connectivity index (χ4v) is 3.30. The van der Waals surface area contributed by atoms with Gasteiger partial charge in [0.15, 0.2) is 6.61 Å². The summed E-state index contributed by atoms with van der Waals surface area (Å²) < 4.78 is 4.94. The summed E-state index contributed by atoms with van der Waals surface area (Å²) >= 11 is 1.42. The van der Waals surface area contributed by atoms with E-state index >= 15 is 0 Å². The Bertz CT molecular complexity index is 561. The second-order valence-corrected chi connectivity index (χ2v) is 6.46. The van der Waals surface area contributed by atoms with Crippen molar-refractivity contribution in [1.82, 2.24) is 10.6 Å². The van der Waals surface area contributed by atoms with Gasteiger partial charge in [0.05, 0.1) is 0 Å². The Morgan fingerprint density at radius 3 is 2.82 bits per heavy atom. The van der Waals surface area contributed by atoms with E-state index in [1.54, 1.807) is 0 Å². The van der Waals surface area contributed by atoms with Crippen molar-refractivity contribution in [3.63, 3.8) is 0 Å². The van der Waals surface area contributed by atoms with E-state index in [-0.39, 0.29) is 6.04 Å². The molecule has 1 heterocycles. The Morgan fingerprint density at radius 2 is 2.14 bits per heavy atom. The number of hydrogen-bond acceptors (Lipinski definition) is 5. The van der Waals surface area contributed by atoms with E-state index in [1.165, 1.54) is 21.8 Å². The molecule has 0 spiro atoms. The van der Waals surface area contributed by atoms with Gasteiger partial charge >= 0.3 is 12.0 Å². The molecule has 7 heteroatoms. The first-order valence-corrected chi connectivity index (χ1v) is 8.20. The predicted octanol–water partition coefficient (Wildman–Crippen LogP) is 2.02. The van der Waals surface area contributed by atoms with Crippen LogP contribution in [0.15, 0.2) is 6.07 Å². The van der Waals surface area contributed by atoms with E-state index in [2.05, 4.69) is 10.6 Å². The first-order chi connectivity index (χ1) is 10.5. The van der Waals surface area contributed by atoms with Crippen LogP contribution >= 0.6 is 11.3 Å². The Balaban J connectivity index is 1.75. The number of fused-ring (bicyclic) bond motifs is 1. The summed E-state index contributed by atoms with van der Waals surface area (Å²) in [5.41, 5.74) is 1.20. The van der Waals surface area contributed by atoms with Crippen LogP contribution in [0.1, 0.15) is 46.8 Å². The van der Waals surface area contributed by atoms with Gasteiger partial charge in [0.2, 0.25) is 0 Å². The number of rotatable bonds is 5. The van der Waals surface area contributed by atoms with E-state index in [4.69, 9.17) is 4.74 Å². The van der Waals surface area contributed by atoms with Gasteiger partial charge in [-0.3, -0.25) is 10.1 Å². The van der Waals surface area contributed by atoms with E-state index in [0.717, 1.165) is 25.7 Å². The van der Waals surface area contributed by atoms with Gasteiger partial charge in [-0.2, -0.15) is 0 Å². The second-order valence-electron chi connectivity index (χ2n) is 5.32. The fourth-order valence-electron chi connectivity index (χ4n) is 2.16. The van der Waals surface area contributed by atoms with E-state index in [1.807, 2.05) is 19.9 Å². The highest BCUT2D eigenvalue weighted by atomic mass is 32.1. The first-order valence-electron chi connectivity index (χ1n) is 7.38. The first kappa shape index (κ1) is 16.5. The average Bonchev–Trinajstić information content (AvgIpc) is 3.05. The van der Waals surface area contributed by atoms with Gasteiger partial charge in [0, 0.05) is 10.9 Å². The number of hydrogen-bond donors (Lipinski definition) is 2. The number of esters is 1. The van der Waals surface area contributed by atoms with Gasteiger partial charge in [-0.1, -0.05) is 6.92 Å². The topological polar surface area (TPSA) is 84.5 Å². The molecule has 0 aliphatic heterocycles. The number of thiophene rings is 1. The molecular formula is C15H20N2O4S. The van der Waals surface area contributed by atoms with Crippen molar-refractivity contribution in [3.8, 4) is 0 Å². The van der Waals surface area contributed by atoms with Crippen LogP contribution in [0.3, 0.4) is 0 Å². The Hall–Kier alpha value is -1.89. The van der Waals surface area contributed by atoms with Crippen LogP contribution in [0, 0.1) is 0 Å². The molecule has 1 aliphatic rings. The van der Waals surface area contributed by atoms with Gasteiger partial charge in [0.1, 0.15) is 4.88 Å².